The van der Waals surface area contributed by atoms with Crippen LogP contribution in [-0.4, -0.2) is 40.8 Å². The maximum absolute atomic E-state index is 11.8. The highest BCUT2D eigenvalue weighted by molar-refractivity contribution is 5.89. The number of hydrazone groups is 1. The molecule has 0 heterocycles. The molecule has 0 spiro atoms. The van der Waals surface area contributed by atoms with Gasteiger partial charge in [0, 0.05) is 6.07 Å². The predicted octanol–water partition coefficient (Wildman–Crippen LogP) is 1.75. The summed E-state index contributed by atoms with van der Waals surface area (Å²) >= 11 is 0. The summed E-state index contributed by atoms with van der Waals surface area (Å²) in [5.74, 6) is -1.61. The monoisotopic (exact) mass is 390 g/mol. The third-order valence-electron chi connectivity index (χ3n) is 3.34. The quantitative estimate of drug-likeness (QED) is 0.390. The Morgan fingerprint density at radius 1 is 1.21 bits per heavy atom. The number of ether oxygens (including phenoxy) is 2. The molecule has 12 nitrogen and oxygen atoms in total. The molecule has 0 atom stereocenters. The molecule has 0 aliphatic carbocycles. The van der Waals surface area contributed by atoms with Crippen molar-refractivity contribution in [1.82, 2.24) is 5.43 Å². The van der Waals surface area contributed by atoms with Gasteiger partial charge in [-0.25, -0.2) is 5.43 Å². The van der Waals surface area contributed by atoms with Crippen molar-refractivity contribution in [2.75, 3.05) is 13.7 Å². The van der Waals surface area contributed by atoms with E-state index in [4.69, 9.17) is 9.47 Å². The number of phenolic OH excluding ortho intramolecular Hbond substituents is 1. The van der Waals surface area contributed by atoms with Crippen LogP contribution in [0.25, 0.3) is 0 Å². The zero-order chi connectivity index (χ0) is 20.7. The van der Waals surface area contributed by atoms with Crippen LogP contribution in [0.1, 0.15) is 5.56 Å². The van der Waals surface area contributed by atoms with Gasteiger partial charge in [0.25, 0.3) is 5.91 Å². The number of nitrogens with one attached hydrogen (secondary N) is 1. The number of rotatable bonds is 8. The van der Waals surface area contributed by atoms with Gasteiger partial charge < -0.3 is 14.6 Å². The Morgan fingerprint density at radius 2 is 1.93 bits per heavy atom. The van der Waals surface area contributed by atoms with Gasteiger partial charge in [0.1, 0.15) is 0 Å². The van der Waals surface area contributed by atoms with E-state index in [1.807, 2.05) is 0 Å². The highest BCUT2D eigenvalue weighted by Crippen LogP contribution is 2.37. The normalized spacial score (nSPS) is 10.5. The summed E-state index contributed by atoms with van der Waals surface area (Å²) in [6.45, 7) is -0.566. The van der Waals surface area contributed by atoms with Gasteiger partial charge in [0.2, 0.25) is 5.75 Å². The smallest absolute Gasteiger partial charge is 0.323 e. The van der Waals surface area contributed by atoms with Crippen LogP contribution in [0.3, 0.4) is 0 Å². The Balaban J connectivity index is 2.05. The van der Waals surface area contributed by atoms with E-state index in [1.54, 1.807) is 0 Å². The van der Waals surface area contributed by atoms with Crippen LogP contribution >= 0.6 is 0 Å². The average Bonchev–Trinajstić information content (AvgIpc) is 2.67. The van der Waals surface area contributed by atoms with Crippen molar-refractivity contribution in [3.63, 3.8) is 0 Å². The molecule has 0 radical (unpaired) electrons. The molecule has 12 heteroatoms. The Hall–Kier alpha value is -4.22. The number of nitro groups is 2. The summed E-state index contributed by atoms with van der Waals surface area (Å²) in [6.07, 6.45) is 0.989. The van der Waals surface area contributed by atoms with E-state index < -0.39 is 33.8 Å². The minimum atomic E-state index is -0.765. The number of para-hydroxylation sites is 2. The number of methoxy groups -OCH3 is 1. The molecule has 2 aromatic rings. The van der Waals surface area contributed by atoms with E-state index in [2.05, 4.69) is 10.5 Å². The topological polar surface area (TPSA) is 166 Å². The third kappa shape index (κ3) is 4.69. The molecule has 2 aromatic carbocycles. The van der Waals surface area contributed by atoms with Crippen molar-refractivity contribution in [2.24, 2.45) is 5.10 Å². The van der Waals surface area contributed by atoms with Crippen molar-refractivity contribution in [1.29, 1.82) is 0 Å². The Morgan fingerprint density at radius 3 is 2.57 bits per heavy atom. The van der Waals surface area contributed by atoms with Crippen LogP contribution in [0.2, 0.25) is 0 Å². The maximum atomic E-state index is 11.8. The number of benzene rings is 2. The van der Waals surface area contributed by atoms with Crippen molar-refractivity contribution in [3.05, 3.63) is 62.2 Å². The van der Waals surface area contributed by atoms with Crippen molar-refractivity contribution < 1.29 is 29.2 Å². The summed E-state index contributed by atoms with van der Waals surface area (Å²) < 4.78 is 9.90. The number of nitro benzene ring substituents is 2. The van der Waals surface area contributed by atoms with Gasteiger partial charge in [-0.05, 0) is 18.2 Å². The number of carbonyl (C=O) groups excluding carboxylic acids is 1. The largest absolute Gasteiger partial charge is 0.504 e. The predicted molar refractivity (Wildman–Crippen MR) is 95.6 cm³/mol. The van der Waals surface area contributed by atoms with Crippen molar-refractivity contribution >= 4 is 23.5 Å². The van der Waals surface area contributed by atoms with Gasteiger partial charge in [-0.3, -0.25) is 25.0 Å². The van der Waals surface area contributed by atoms with Crippen LogP contribution in [0.15, 0.2) is 41.5 Å². The molecule has 28 heavy (non-hydrogen) atoms. The molecule has 1 amide bonds. The lowest BCUT2D eigenvalue weighted by Crippen LogP contribution is -2.24. The molecule has 0 bridgehead atoms. The lowest BCUT2D eigenvalue weighted by Gasteiger charge is -2.06. The molecule has 0 saturated carbocycles. The fourth-order valence-electron chi connectivity index (χ4n) is 2.15. The Bertz CT molecular complexity index is 944. The van der Waals surface area contributed by atoms with Crippen LogP contribution in [-0.2, 0) is 4.79 Å². The molecule has 0 unspecified atom stereocenters. The standard InChI is InChI=1S/C16H14N4O8/c1-27-16-12(21)7-6-10(15(16)20(25)26)8-17-18-14(22)9-28-13-5-3-2-4-11(13)19(23)24/h2-8,21H,9H2,1H3,(H,18,22). The van der Waals surface area contributed by atoms with Gasteiger partial charge in [0.15, 0.2) is 18.1 Å². The summed E-state index contributed by atoms with van der Waals surface area (Å²) in [4.78, 5) is 32.4. The molecule has 0 aliphatic heterocycles. The molecule has 146 valence electrons. The molecular weight excluding hydrogens is 376 g/mol. The van der Waals surface area contributed by atoms with E-state index in [0.717, 1.165) is 13.3 Å². The zero-order valence-corrected chi connectivity index (χ0v) is 14.4. The first-order valence-electron chi connectivity index (χ1n) is 7.57. The molecule has 0 saturated heterocycles. The molecule has 0 fully saturated rings. The van der Waals surface area contributed by atoms with E-state index >= 15 is 0 Å². The fourth-order valence-corrected chi connectivity index (χ4v) is 2.15. The second-order valence-electron chi connectivity index (χ2n) is 5.12. The second-order valence-corrected chi connectivity index (χ2v) is 5.12. The van der Waals surface area contributed by atoms with Crippen LogP contribution in [0.5, 0.6) is 17.2 Å². The lowest BCUT2D eigenvalue weighted by atomic mass is 10.1. The van der Waals surface area contributed by atoms with Crippen molar-refractivity contribution in [3.8, 4) is 17.2 Å². The van der Waals surface area contributed by atoms with Gasteiger partial charge in [-0.2, -0.15) is 5.10 Å². The van der Waals surface area contributed by atoms with Gasteiger partial charge >= 0.3 is 11.4 Å². The molecular formula is C16H14N4O8. The van der Waals surface area contributed by atoms with Crippen molar-refractivity contribution in [2.45, 2.75) is 0 Å². The molecule has 0 aromatic heterocycles. The maximum Gasteiger partial charge on any atom is 0.323 e. The average molecular weight is 390 g/mol. The lowest BCUT2D eigenvalue weighted by molar-refractivity contribution is -0.386. The molecule has 2 rings (SSSR count). The van der Waals surface area contributed by atoms with E-state index in [-0.39, 0.29) is 22.7 Å². The number of amides is 1. The summed E-state index contributed by atoms with van der Waals surface area (Å²) in [6, 6.07) is 7.91. The Labute approximate surface area is 157 Å². The summed E-state index contributed by atoms with van der Waals surface area (Å²) in [7, 11) is 1.16. The van der Waals surface area contributed by atoms with E-state index in [9.17, 15) is 30.1 Å². The van der Waals surface area contributed by atoms with Gasteiger partial charge in [0.05, 0.1) is 28.7 Å². The van der Waals surface area contributed by atoms with E-state index in [0.29, 0.717) is 0 Å². The van der Waals surface area contributed by atoms with Crippen LogP contribution in [0, 0.1) is 20.2 Å². The zero-order valence-electron chi connectivity index (χ0n) is 14.4. The first kappa shape index (κ1) is 20.1. The molecule has 2 N–H and O–H groups in total. The van der Waals surface area contributed by atoms with Crippen LogP contribution < -0.4 is 14.9 Å². The SMILES string of the molecule is COc1c(O)ccc(C=NNC(=O)COc2ccccc2[N+](=O)[O-])c1[N+](=O)[O-]. The summed E-state index contributed by atoms with van der Waals surface area (Å²) in [5.41, 5.74) is 1.22. The second kappa shape index (κ2) is 8.93. The van der Waals surface area contributed by atoms with Gasteiger partial charge in [-0.1, -0.05) is 12.1 Å². The molecule has 0 aliphatic rings. The number of hydrogen-bond donors (Lipinski definition) is 2. The number of carbonyl (C=O) groups is 1. The first-order valence-corrected chi connectivity index (χ1v) is 7.57. The van der Waals surface area contributed by atoms with Crippen LogP contribution in [0.4, 0.5) is 11.4 Å². The number of phenols is 1. The van der Waals surface area contributed by atoms with E-state index in [1.165, 1.54) is 36.4 Å². The minimum Gasteiger partial charge on any atom is -0.504 e. The summed E-state index contributed by atoms with van der Waals surface area (Å²) in [5, 5.41) is 35.3. The number of nitrogens with zero attached hydrogens (tertiary/aromatic N) is 3. The highest BCUT2D eigenvalue weighted by atomic mass is 16.6. The highest BCUT2D eigenvalue weighted by Gasteiger charge is 2.23. The number of hydrogen-bond acceptors (Lipinski definition) is 9. The minimum absolute atomic E-state index is 0.0282. The first-order chi connectivity index (χ1) is 13.3. The fraction of sp³-hybridized carbons (Fsp3) is 0.125. The third-order valence-corrected chi connectivity index (χ3v) is 3.34. The van der Waals surface area contributed by atoms with Gasteiger partial charge in [-0.15, -0.1) is 0 Å². The Kier molecular flexibility index (Phi) is 6.41. The number of aromatic hydroxyl groups is 1.